The van der Waals surface area contributed by atoms with Gasteiger partial charge in [0.1, 0.15) is 11.3 Å². The molecule has 0 radical (unpaired) electrons. The number of Topliss-reactive ketones (excluding diaryl/α,β-unsaturated/α-hetero) is 1. The SMILES string of the molecule is CCOC(=O)c1c(NC(=O)COC(=O)/C=C/c2ccc(C)s2)oc(C)c1C(C)=O. The minimum Gasteiger partial charge on any atom is -0.462 e. The molecule has 0 aliphatic rings. The third-order valence-corrected chi connectivity index (χ3v) is 4.63. The largest absolute Gasteiger partial charge is 0.462 e. The van der Waals surface area contributed by atoms with Crippen LogP contribution in [0.4, 0.5) is 5.88 Å². The molecule has 29 heavy (non-hydrogen) atoms. The van der Waals surface area contributed by atoms with Crippen molar-refractivity contribution in [2.24, 2.45) is 0 Å². The Hall–Kier alpha value is -3.20. The van der Waals surface area contributed by atoms with Crippen molar-refractivity contribution < 1.29 is 33.1 Å². The van der Waals surface area contributed by atoms with Gasteiger partial charge in [0.2, 0.25) is 5.88 Å². The number of furan rings is 1. The summed E-state index contributed by atoms with van der Waals surface area (Å²) in [7, 11) is 0. The van der Waals surface area contributed by atoms with Gasteiger partial charge in [-0.3, -0.25) is 14.9 Å². The monoisotopic (exact) mass is 419 g/mol. The number of ether oxygens (including phenoxy) is 2. The number of hydrogen-bond acceptors (Lipinski definition) is 8. The number of hydrogen-bond donors (Lipinski definition) is 1. The van der Waals surface area contributed by atoms with Crippen LogP contribution in [-0.4, -0.2) is 36.8 Å². The Kier molecular flexibility index (Phi) is 7.49. The van der Waals surface area contributed by atoms with E-state index < -0.39 is 30.2 Å². The second kappa shape index (κ2) is 9.83. The predicted molar refractivity (Wildman–Crippen MR) is 107 cm³/mol. The number of ketones is 1. The van der Waals surface area contributed by atoms with E-state index >= 15 is 0 Å². The molecule has 0 aliphatic heterocycles. The molecule has 1 N–H and O–H groups in total. The van der Waals surface area contributed by atoms with Crippen LogP contribution in [0.5, 0.6) is 0 Å². The number of carbonyl (C=O) groups excluding carboxylic acids is 4. The fraction of sp³-hybridized carbons (Fsp3) is 0.300. The van der Waals surface area contributed by atoms with Crippen LogP contribution in [0.15, 0.2) is 22.6 Å². The van der Waals surface area contributed by atoms with E-state index in [1.54, 1.807) is 13.0 Å². The first-order chi connectivity index (χ1) is 13.7. The highest BCUT2D eigenvalue weighted by atomic mass is 32.1. The lowest BCUT2D eigenvalue weighted by Gasteiger charge is -2.06. The highest BCUT2D eigenvalue weighted by molar-refractivity contribution is 7.12. The highest BCUT2D eigenvalue weighted by Crippen LogP contribution is 2.28. The topological polar surface area (TPSA) is 112 Å². The number of thiophene rings is 1. The van der Waals surface area contributed by atoms with Crippen molar-refractivity contribution in [3.05, 3.63) is 44.9 Å². The summed E-state index contributed by atoms with van der Waals surface area (Å²) in [5, 5.41) is 2.34. The summed E-state index contributed by atoms with van der Waals surface area (Å²) in [5.41, 5.74) is -0.130. The van der Waals surface area contributed by atoms with Crippen molar-refractivity contribution in [2.75, 3.05) is 18.5 Å². The number of nitrogens with one attached hydrogen (secondary N) is 1. The third kappa shape index (κ3) is 5.89. The van der Waals surface area contributed by atoms with Crippen molar-refractivity contribution in [1.29, 1.82) is 0 Å². The zero-order valence-electron chi connectivity index (χ0n) is 16.5. The maximum absolute atomic E-state index is 12.2. The van der Waals surface area contributed by atoms with Crippen molar-refractivity contribution in [2.45, 2.75) is 27.7 Å². The van der Waals surface area contributed by atoms with E-state index in [1.807, 2.05) is 19.1 Å². The van der Waals surface area contributed by atoms with E-state index in [0.717, 1.165) is 9.75 Å². The van der Waals surface area contributed by atoms with Gasteiger partial charge >= 0.3 is 11.9 Å². The summed E-state index contributed by atoms with van der Waals surface area (Å²) in [6.07, 6.45) is 2.80. The van der Waals surface area contributed by atoms with Gasteiger partial charge in [-0.05, 0) is 45.9 Å². The molecule has 0 aromatic carbocycles. The van der Waals surface area contributed by atoms with Gasteiger partial charge in [0.25, 0.3) is 5.91 Å². The molecule has 0 saturated carbocycles. The fourth-order valence-corrected chi connectivity index (χ4v) is 3.28. The zero-order chi connectivity index (χ0) is 21.6. The minimum atomic E-state index is -0.795. The molecule has 0 saturated heterocycles. The van der Waals surface area contributed by atoms with Crippen LogP contribution in [0.2, 0.25) is 0 Å². The maximum Gasteiger partial charge on any atom is 0.344 e. The number of esters is 2. The first kappa shape index (κ1) is 22.1. The lowest BCUT2D eigenvalue weighted by atomic mass is 10.1. The summed E-state index contributed by atoms with van der Waals surface area (Å²) < 4.78 is 15.2. The van der Waals surface area contributed by atoms with E-state index in [0.29, 0.717) is 0 Å². The molecule has 2 aromatic heterocycles. The minimum absolute atomic E-state index is 0.0323. The van der Waals surface area contributed by atoms with E-state index in [4.69, 9.17) is 13.9 Å². The quantitative estimate of drug-likeness (QED) is 0.396. The molecular weight excluding hydrogens is 398 g/mol. The second-order valence-electron chi connectivity index (χ2n) is 5.95. The average molecular weight is 419 g/mol. The zero-order valence-corrected chi connectivity index (χ0v) is 17.3. The maximum atomic E-state index is 12.2. The molecule has 0 aliphatic carbocycles. The van der Waals surface area contributed by atoms with Crippen molar-refractivity contribution in [1.82, 2.24) is 0 Å². The molecule has 1 amide bonds. The number of carbonyl (C=O) groups is 4. The Morgan fingerprint density at radius 3 is 2.45 bits per heavy atom. The van der Waals surface area contributed by atoms with Gasteiger partial charge in [-0.15, -0.1) is 11.3 Å². The Morgan fingerprint density at radius 2 is 1.86 bits per heavy atom. The van der Waals surface area contributed by atoms with Gasteiger partial charge < -0.3 is 13.9 Å². The molecule has 2 heterocycles. The summed E-state index contributed by atoms with van der Waals surface area (Å²) in [5.74, 6) is -2.69. The van der Waals surface area contributed by atoms with E-state index in [1.165, 1.54) is 31.3 Å². The van der Waals surface area contributed by atoms with Crippen LogP contribution in [-0.2, 0) is 19.1 Å². The fourth-order valence-electron chi connectivity index (χ4n) is 2.50. The molecule has 0 bridgehead atoms. The van der Waals surface area contributed by atoms with Gasteiger partial charge in [-0.2, -0.15) is 0 Å². The highest BCUT2D eigenvalue weighted by Gasteiger charge is 2.28. The smallest absolute Gasteiger partial charge is 0.344 e. The van der Waals surface area contributed by atoms with Gasteiger partial charge in [0.15, 0.2) is 12.4 Å². The molecule has 0 spiro atoms. The molecule has 0 atom stereocenters. The molecule has 154 valence electrons. The van der Waals surface area contributed by atoms with E-state index in [2.05, 4.69) is 5.32 Å². The molecule has 2 aromatic rings. The van der Waals surface area contributed by atoms with Crippen LogP contribution < -0.4 is 5.32 Å². The molecular formula is C20H21NO7S. The molecule has 2 rings (SSSR count). The van der Waals surface area contributed by atoms with Crippen LogP contribution in [0.25, 0.3) is 6.08 Å². The number of amides is 1. The predicted octanol–water partition coefficient (Wildman–Crippen LogP) is 3.53. The standard InChI is InChI=1S/C20H21NO7S/c1-5-26-20(25)18-17(12(3)22)13(4)28-19(18)21-15(23)10-27-16(24)9-8-14-7-6-11(2)29-14/h6-9H,5,10H2,1-4H3,(H,21,23)/b9-8+. The first-order valence-corrected chi connectivity index (χ1v) is 9.57. The van der Waals surface area contributed by atoms with Crippen LogP contribution in [0, 0.1) is 13.8 Å². The average Bonchev–Trinajstić information content (AvgIpc) is 3.21. The number of rotatable bonds is 8. The first-order valence-electron chi connectivity index (χ1n) is 8.75. The summed E-state index contributed by atoms with van der Waals surface area (Å²) >= 11 is 1.51. The van der Waals surface area contributed by atoms with Crippen LogP contribution in [0.3, 0.4) is 0 Å². The number of anilines is 1. The number of aryl methyl sites for hydroxylation is 2. The third-order valence-electron chi connectivity index (χ3n) is 3.66. The van der Waals surface area contributed by atoms with Crippen molar-refractivity contribution in [3.63, 3.8) is 0 Å². The van der Waals surface area contributed by atoms with Crippen molar-refractivity contribution >= 4 is 46.9 Å². The Labute approximate surface area is 171 Å². The Balaban J connectivity index is 2.03. The lowest BCUT2D eigenvalue weighted by Crippen LogP contribution is -2.21. The molecule has 9 heteroatoms. The van der Waals surface area contributed by atoms with Gasteiger partial charge in [-0.25, -0.2) is 9.59 Å². The Bertz CT molecular complexity index is 968. The van der Waals surface area contributed by atoms with E-state index in [9.17, 15) is 19.2 Å². The summed E-state index contributed by atoms with van der Waals surface area (Å²) in [6.45, 7) is 5.82. The van der Waals surface area contributed by atoms with Gasteiger partial charge in [-0.1, -0.05) is 0 Å². The normalized spacial score (nSPS) is 10.8. The second-order valence-corrected chi connectivity index (χ2v) is 7.27. The van der Waals surface area contributed by atoms with Crippen molar-refractivity contribution in [3.8, 4) is 0 Å². The van der Waals surface area contributed by atoms with Crippen LogP contribution in [0.1, 0.15) is 50.1 Å². The van der Waals surface area contributed by atoms with Crippen LogP contribution >= 0.6 is 11.3 Å². The molecule has 0 unspecified atom stereocenters. The summed E-state index contributed by atoms with van der Waals surface area (Å²) in [6, 6.07) is 3.78. The van der Waals surface area contributed by atoms with Gasteiger partial charge in [0.05, 0.1) is 12.2 Å². The molecule has 8 nitrogen and oxygen atoms in total. The van der Waals surface area contributed by atoms with E-state index in [-0.39, 0.29) is 29.4 Å². The summed E-state index contributed by atoms with van der Waals surface area (Å²) in [4.78, 5) is 49.9. The molecule has 0 fully saturated rings. The van der Waals surface area contributed by atoms with Gasteiger partial charge in [0, 0.05) is 15.8 Å². The Morgan fingerprint density at radius 1 is 1.14 bits per heavy atom. The lowest BCUT2D eigenvalue weighted by molar-refractivity contribution is -0.142.